The van der Waals surface area contributed by atoms with Crippen LogP contribution < -0.4 is 0 Å². The van der Waals surface area contributed by atoms with Gasteiger partial charge in [0.25, 0.3) is 11.1 Å². The lowest BCUT2D eigenvalue weighted by Gasteiger charge is -2.33. The van der Waals surface area contributed by atoms with Gasteiger partial charge in [-0.05, 0) is 68.5 Å². The van der Waals surface area contributed by atoms with Gasteiger partial charge in [0.1, 0.15) is 6.54 Å². The summed E-state index contributed by atoms with van der Waals surface area (Å²) in [6.07, 6.45) is 8.54. The summed E-state index contributed by atoms with van der Waals surface area (Å²) in [5.41, 5.74) is 2.99. The predicted octanol–water partition coefficient (Wildman–Crippen LogP) is 5.71. The first-order chi connectivity index (χ1) is 17.5. The van der Waals surface area contributed by atoms with Crippen molar-refractivity contribution in [3.8, 4) is 0 Å². The number of hydrogen-bond donors (Lipinski definition) is 0. The van der Waals surface area contributed by atoms with E-state index in [9.17, 15) is 14.4 Å². The third-order valence-electron chi connectivity index (χ3n) is 7.10. The van der Waals surface area contributed by atoms with Gasteiger partial charge in [-0.3, -0.25) is 19.3 Å². The number of piperidine rings is 1. The van der Waals surface area contributed by atoms with Crippen LogP contribution in [0.5, 0.6) is 0 Å². The number of imide groups is 1. The first kappa shape index (κ1) is 24.4. The van der Waals surface area contributed by atoms with Gasteiger partial charge in [0, 0.05) is 41.8 Å². The fraction of sp³-hybridized carbons (Fsp3) is 0.345. The second kappa shape index (κ2) is 10.7. The second-order valence-corrected chi connectivity index (χ2v) is 10.6. The predicted molar refractivity (Wildman–Crippen MR) is 144 cm³/mol. The molecule has 2 aliphatic rings. The number of aromatic nitrogens is 1. The first-order valence-corrected chi connectivity index (χ1v) is 13.5. The van der Waals surface area contributed by atoms with E-state index in [1.807, 2.05) is 58.1 Å². The van der Waals surface area contributed by atoms with Crippen LogP contribution in [-0.4, -0.2) is 50.6 Å². The molecule has 0 unspecified atom stereocenters. The van der Waals surface area contributed by atoms with Gasteiger partial charge in [0.05, 0.1) is 4.91 Å². The summed E-state index contributed by atoms with van der Waals surface area (Å²) in [7, 11) is 0. The minimum atomic E-state index is -0.242. The zero-order valence-electron chi connectivity index (χ0n) is 20.6. The van der Waals surface area contributed by atoms with E-state index in [4.69, 9.17) is 0 Å². The Bertz CT molecular complexity index is 1310. The van der Waals surface area contributed by atoms with Crippen LogP contribution in [0.15, 0.2) is 65.7 Å². The lowest BCUT2D eigenvalue weighted by atomic mass is 10.0. The molecular formula is C29H31N3O3S. The molecule has 3 heterocycles. The number of aryl methyl sites for hydroxylation is 1. The average molecular weight is 502 g/mol. The van der Waals surface area contributed by atoms with Gasteiger partial charge in [-0.2, -0.15) is 0 Å². The van der Waals surface area contributed by atoms with E-state index in [1.54, 1.807) is 6.08 Å². The van der Waals surface area contributed by atoms with Crippen molar-refractivity contribution in [3.05, 3.63) is 76.8 Å². The number of benzene rings is 2. The van der Waals surface area contributed by atoms with E-state index in [0.717, 1.165) is 60.5 Å². The van der Waals surface area contributed by atoms with Gasteiger partial charge in [-0.25, -0.2) is 0 Å². The summed E-state index contributed by atoms with van der Waals surface area (Å²) in [6, 6.07) is 18.2. The summed E-state index contributed by atoms with van der Waals surface area (Å²) in [5.74, 6) is -0.124. The Labute approximate surface area is 215 Å². The van der Waals surface area contributed by atoms with Crippen LogP contribution >= 0.6 is 11.8 Å². The van der Waals surface area contributed by atoms with Crippen molar-refractivity contribution in [2.45, 2.75) is 51.6 Å². The largest absolute Gasteiger partial charge is 0.338 e. The summed E-state index contributed by atoms with van der Waals surface area (Å²) in [4.78, 5) is 42.6. The van der Waals surface area contributed by atoms with E-state index < -0.39 is 0 Å². The highest BCUT2D eigenvalue weighted by molar-refractivity contribution is 8.18. The van der Waals surface area contributed by atoms with Gasteiger partial charge in [0.2, 0.25) is 5.91 Å². The minimum Gasteiger partial charge on any atom is -0.338 e. The molecule has 0 bridgehead atoms. The maximum Gasteiger partial charge on any atom is 0.293 e. The SMILES string of the molecule is C[C@@H]1CCCCN1C(=O)Cn1cc(/C=C2\SC(=O)N(CCCc3ccccc3)C2=O)c2ccccc21. The average Bonchev–Trinajstić information content (AvgIpc) is 3.36. The Kier molecular flexibility index (Phi) is 7.28. The molecule has 3 aromatic rings. The molecule has 1 atom stereocenters. The zero-order valence-corrected chi connectivity index (χ0v) is 21.4. The standard InChI is InChI=1S/C29H31N3O3S/c1-21-10-7-8-16-31(21)27(33)20-30-19-23(24-14-5-6-15-25(24)30)18-26-28(34)32(29(35)36-26)17-9-13-22-11-3-2-4-12-22/h2-6,11-12,14-15,18-19,21H,7-10,13,16-17,20H2,1H3/b26-18-/t21-/m1/s1. The lowest BCUT2D eigenvalue weighted by Crippen LogP contribution is -2.43. The third kappa shape index (κ3) is 5.12. The number of fused-ring (bicyclic) bond motifs is 1. The summed E-state index contributed by atoms with van der Waals surface area (Å²) >= 11 is 0.992. The van der Waals surface area contributed by atoms with Crippen LogP contribution in [0, 0.1) is 0 Å². The quantitative estimate of drug-likeness (QED) is 0.389. The molecule has 2 saturated heterocycles. The van der Waals surface area contributed by atoms with Crippen LogP contribution in [0.4, 0.5) is 4.79 Å². The number of carbonyl (C=O) groups is 3. The maximum atomic E-state index is 13.1. The fourth-order valence-electron chi connectivity index (χ4n) is 5.15. The van der Waals surface area contributed by atoms with Crippen LogP contribution in [0.3, 0.4) is 0 Å². The smallest absolute Gasteiger partial charge is 0.293 e. The summed E-state index contributed by atoms with van der Waals surface area (Å²) in [5, 5.41) is 0.741. The van der Waals surface area contributed by atoms with Crippen LogP contribution in [0.25, 0.3) is 17.0 Å². The highest BCUT2D eigenvalue weighted by Gasteiger charge is 2.34. The molecule has 6 nitrogen and oxygen atoms in total. The fourth-order valence-corrected chi connectivity index (χ4v) is 6.00. The molecule has 3 amide bonds. The lowest BCUT2D eigenvalue weighted by molar-refractivity contribution is -0.135. The normalized spacial score (nSPS) is 19.6. The minimum absolute atomic E-state index is 0.119. The molecular weight excluding hydrogens is 470 g/mol. The van der Waals surface area contributed by atoms with E-state index >= 15 is 0 Å². The van der Waals surface area contributed by atoms with Crippen molar-refractivity contribution in [1.82, 2.24) is 14.4 Å². The Morgan fingerprint density at radius 2 is 1.83 bits per heavy atom. The topological polar surface area (TPSA) is 62.6 Å². The highest BCUT2D eigenvalue weighted by atomic mass is 32.2. The van der Waals surface area contributed by atoms with Crippen LogP contribution in [0.1, 0.15) is 43.7 Å². The Morgan fingerprint density at radius 3 is 2.64 bits per heavy atom. The molecule has 2 fully saturated rings. The maximum absolute atomic E-state index is 13.1. The van der Waals surface area contributed by atoms with Crippen molar-refractivity contribution in [1.29, 1.82) is 0 Å². The number of para-hydroxylation sites is 1. The van der Waals surface area contributed by atoms with Gasteiger partial charge in [0.15, 0.2) is 0 Å². The molecule has 0 N–H and O–H groups in total. The number of nitrogens with zero attached hydrogens (tertiary/aromatic N) is 3. The van der Waals surface area contributed by atoms with Crippen molar-refractivity contribution in [3.63, 3.8) is 0 Å². The monoisotopic (exact) mass is 501 g/mol. The Morgan fingerprint density at radius 1 is 1.06 bits per heavy atom. The molecule has 2 aliphatic heterocycles. The van der Waals surface area contributed by atoms with Crippen molar-refractivity contribution < 1.29 is 14.4 Å². The molecule has 5 rings (SSSR count). The van der Waals surface area contributed by atoms with E-state index in [0.29, 0.717) is 11.4 Å². The molecule has 1 aromatic heterocycles. The molecule has 0 aliphatic carbocycles. The van der Waals surface area contributed by atoms with Gasteiger partial charge in [-0.1, -0.05) is 48.5 Å². The number of carbonyl (C=O) groups excluding carboxylic acids is 3. The van der Waals surface area contributed by atoms with Gasteiger partial charge in [-0.15, -0.1) is 0 Å². The molecule has 0 saturated carbocycles. The van der Waals surface area contributed by atoms with Crippen LogP contribution in [0.2, 0.25) is 0 Å². The van der Waals surface area contributed by atoms with Crippen LogP contribution in [-0.2, 0) is 22.6 Å². The number of likely N-dealkylation sites (tertiary alicyclic amines) is 1. The molecule has 0 radical (unpaired) electrons. The third-order valence-corrected chi connectivity index (χ3v) is 8.01. The molecule has 2 aromatic carbocycles. The van der Waals surface area contributed by atoms with Gasteiger partial charge >= 0.3 is 0 Å². The van der Waals surface area contributed by atoms with Crippen molar-refractivity contribution in [2.24, 2.45) is 0 Å². The Hall–Kier alpha value is -3.32. The first-order valence-electron chi connectivity index (χ1n) is 12.7. The van der Waals surface area contributed by atoms with E-state index in [1.165, 1.54) is 16.9 Å². The summed E-state index contributed by atoms with van der Waals surface area (Å²) < 4.78 is 1.97. The van der Waals surface area contributed by atoms with Gasteiger partial charge < -0.3 is 9.47 Å². The molecule has 0 spiro atoms. The molecule has 186 valence electrons. The van der Waals surface area contributed by atoms with E-state index in [2.05, 4.69) is 19.1 Å². The van der Waals surface area contributed by atoms with E-state index in [-0.39, 0.29) is 29.6 Å². The second-order valence-electron chi connectivity index (χ2n) is 9.58. The van der Waals surface area contributed by atoms with Crippen molar-refractivity contribution >= 4 is 45.8 Å². The zero-order chi connectivity index (χ0) is 25.1. The van der Waals surface area contributed by atoms with Crippen molar-refractivity contribution in [2.75, 3.05) is 13.1 Å². The highest BCUT2D eigenvalue weighted by Crippen LogP contribution is 2.34. The number of amides is 3. The molecule has 7 heteroatoms. The number of hydrogen-bond acceptors (Lipinski definition) is 4. The summed E-state index contributed by atoms with van der Waals surface area (Å²) in [6.45, 7) is 3.59. The Balaban J connectivity index is 1.33. The number of thioether (sulfide) groups is 1. The molecule has 36 heavy (non-hydrogen) atoms. The number of rotatable bonds is 7.